The van der Waals surface area contributed by atoms with Crippen molar-refractivity contribution in [2.45, 2.75) is 72.3 Å². The molecule has 3 aliphatic rings. The smallest absolute Gasteiger partial charge is 0.305 e. The lowest BCUT2D eigenvalue weighted by molar-refractivity contribution is -0.137. The van der Waals surface area contributed by atoms with E-state index in [1.54, 1.807) is 0 Å². The van der Waals surface area contributed by atoms with Crippen LogP contribution in [0, 0.1) is 10.8 Å². The molecule has 2 aliphatic carbocycles. The zero-order valence-corrected chi connectivity index (χ0v) is 27.0. The molecule has 216 valence electrons. The molecule has 1 heterocycles. The quantitative estimate of drug-likeness (QED) is 0.319. The van der Waals surface area contributed by atoms with Gasteiger partial charge in [0.05, 0.1) is 10.9 Å². The zero-order chi connectivity index (χ0) is 29.7. The summed E-state index contributed by atoms with van der Waals surface area (Å²) in [6.07, 6.45) is 1.85. The Bertz CT molecular complexity index is 1430. The third-order valence-corrected chi connectivity index (χ3v) is 9.19. The number of carbonyl (C=O) groups excluding carboxylic acids is 2. The van der Waals surface area contributed by atoms with E-state index in [9.17, 15) is 19.5 Å². The maximum Gasteiger partial charge on any atom is 0.305 e. The molecular weight excluding hydrogens is 650 g/mol. The van der Waals surface area contributed by atoms with Gasteiger partial charge in [-0.25, -0.2) is 0 Å². The Balaban J connectivity index is 1.74. The summed E-state index contributed by atoms with van der Waals surface area (Å²) in [7, 11) is 0. The Kier molecular flexibility index (Phi) is 8.11. The first kappa shape index (κ1) is 29.8. The summed E-state index contributed by atoms with van der Waals surface area (Å²) in [5.74, 6) is -0.929. The maximum absolute atomic E-state index is 14.1. The van der Waals surface area contributed by atoms with Crippen LogP contribution in [0.4, 0.5) is 0 Å². The third kappa shape index (κ3) is 6.09. The van der Waals surface area contributed by atoms with E-state index in [-0.39, 0.29) is 35.4 Å². The number of ether oxygens (including phenoxy) is 1. The molecule has 41 heavy (non-hydrogen) atoms. The Labute approximate surface area is 258 Å². The normalized spacial score (nSPS) is 20.2. The Morgan fingerprint density at radius 2 is 1.49 bits per heavy atom. The summed E-state index contributed by atoms with van der Waals surface area (Å²) in [6, 6.07) is 13.7. The lowest BCUT2D eigenvalue weighted by Crippen LogP contribution is -2.45. The molecule has 0 atom stereocenters. The molecule has 0 fully saturated rings. The van der Waals surface area contributed by atoms with Crippen LogP contribution < -0.4 is 4.74 Å². The van der Waals surface area contributed by atoms with E-state index in [1.165, 1.54) is 0 Å². The van der Waals surface area contributed by atoms with Gasteiger partial charge in [-0.05, 0) is 57.3 Å². The van der Waals surface area contributed by atoms with Crippen molar-refractivity contribution < 1.29 is 24.2 Å². The number of aliphatic carboxylic acids is 1. The van der Waals surface area contributed by atoms with Gasteiger partial charge in [0, 0.05) is 57.9 Å². The number of benzene rings is 2. The van der Waals surface area contributed by atoms with E-state index in [1.807, 2.05) is 47.4 Å². The highest BCUT2D eigenvalue weighted by molar-refractivity contribution is 9.11. The molecule has 0 aromatic heterocycles. The van der Waals surface area contributed by atoms with Crippen LogP contribution in [0.3, 0.4) is 0 Å². The van der Waals surface area contributed by atoms with Crippen LogP contribution in [-0.4, -0.2) is 34.1 Å². The fourth-order valence-corrected chi connectivity index (χ4v) is 7.89. The van der Waals surface area contributed by atoms with Crippen molar-refractivity contribution in [2.75, 3.05) is 6.54 Å². The molecule has 0 bridgehead atoms. The third-order valence-electron chi connectivity index (χ3n) is 8.15. The lowest BCUT2D eigenvalue weighted by Gasteiger charge is -2.49. The monoisotopic (exact) mass is 683 g/mol. The van der Waals surface area contributed by atoms with Gasteiger partial charge in [0.15, 0.2) is 11.6 Å². The number of carboxylic acid groups (broad SMARTS) is 1. The summed E-state index contributed by atoms with van der Waals surface area (Å²) in [5, 5.41) is 9.61. The van der Waals surface area contributed by atoms with E-state index >= 15 is 0 Å². The minimum Gasteiger partial charge on any atom is -0.487 e. The van der Waals surface area contributed by atoms with Crippen LogP contribution in [0.2, 0.25) is 0 Å². The Morgan fingerprint density at radius 1 is 0.927 bits per heavy atom. The molecule has 2 aromatic carbocycles. The van der Waals surface area contributed by atoms with E-state index in [0.717, 1.165) is 31.5 Å². The number of rotatable bonds is 7. The number of Topliss-reactive ketones (excluding diaryl/α,β-unsaturated/α-hetero) is 2. The molecule has 0 spiro atoms. The Hall–Kier alpha value is -2.71. The number of carbonyl (C=O) groups is 3. The number of hydrogen-bond acceptors (Lipinski definition) is 5. The first-order valence-corrected chi connectivity index (χ1v) is 15.5. The predicted molar refractivity (Wildman–Crippen MR) is 164 cm³/mol. The molecule has 0 unspecified atom stereocenters. The molecule has 1 N–H and O–H groups in total. The molecule has 8 heteroatoms. The van der Waals surface area contributed by atoms with Crippen LogP contribution in [0.5, 0.6) is 5.75 Å². The summed E-state index contributed by atoms with van der Waals surface area (Å²) in [6.45, 7) is 8.83. The largest absolute Gasteiger partial charge is 0.487 e. The van der Waals surface area contributed by atoms with Gasteiger partial charge in [0.25, 0.3) is 0 Å². The minimum atomic E-state index is -0.910. The number of nitrogens with zero attached hydrogens (tertiary/aromatic N) is 1. The average Bonchev–Trinajstić information content (AvgIpc) is 2.85. The molecule has 0 amide bonds. The number of hydrogen-bond donors (Lipinski definition) is 1. The highest BCUT2D eigenvalue weighted by Gasteiger charge is 2.49. The van der Waals surface area contributed by atoms with Gasteiger partial charge < -0.3 is 14.7 Å². The topological polar surface area (TPSA) is 83.9 Å². The van der Waals surface area contributed by atoms with Crippen molar-refractivity contribution >= 4 is 49.4 Å². The van der Waals surface area contributed by atoms with Gasteiger partial charge in [-0.15, -0.1) is 0 Å². The molecule has 1 aliphatic heterocycles. The highest BCUT2D eigenvalue weighted by atomic mass is 79.9. The number of halogens is 2. The van der Waals surface area contributed by atoms with Crippen molar-refractivity contribution in [1.82, 2.24) is 4.90 Å². The molecule has 2 aromatic rings. The van der Waals surface area contributed by atoms with Crippen LogP contribution in [-0.2, 0) is 21.0 Å². The average molecular weight is 685 g/mol. The summed E-state index contributed by atoms with van der Waals surface area (Å²) in [4.78, 5) is 41.9. The second-order valence-electron chi connectivity index (χ2n) is 12.9. The van der Waals surface area contributed by atoms with Crippen molar-refractivity contribution in [3.8, 4) is 5.75 Å². The maximum atomic E-state index is 14.1. The molecule has 6 nitrogen and oxygen atoms in total. The highest BCUT2D eigenvalue weighted by Crippen LogP contribution is 2.56. The van der Waals surface area contributed by atoms with Crippen molar-refractivity contribution in [1.29, 1.82) is 0 Å². The van der Waals surface area contributed by atoms with Crippen molar-refractivity contribution in [2.24, 2.45) is 10.8 Å². The van der Waals surface area contributed by atoms with Gasteiger partial charge in [-0.1, -0.05) is 74.0 Å². The van der Waals surface area contributed by atoms with E-state index < -0.39 is 11.9 Å². The van der Waals surface area contributed by atoms with Crippen molar-refractivity contribution in [3.05, 3.63) is 85.1 Å². The van der Waals surface area contributed by atoms with E-state index in [4.69, 9.17) is 4.74 Å². The van der Waals surface area contributed by atoms with Gasteiger partial charge in [-0.2, -0.15) is 0 Å². The van der Waals surface area contributed by atoms with Gasteiger partial charge in [-0.3, -0.25) is 14.4 Å². The van der Waals surface area contributed by atoms with Crippen LogP contribution in [0.1, 0.15) is 76.8 Å². The zero-order valence-electron chi connectivity index (χ0n) is 23.9. The van der Waals surface area contributed by atoms with Gasteiger partial charge >= 0.3 is 5.97 Å². The first-order valence-electron chi connectivity index (χ1n) is 13.9. The first-order chi connectivity index (χ1) is 19.3. The fraction of sp³-hybridized carbons (Fsp3) is 0.424. The predicted octanol–water partition coefficient (Wildman–Crippen LogP) is 7.95. The van der Waals surface area contributed by atoms with Crippen molar-refractivity contribution in [3.63, 3.8) is 0 Å². The molecule has 0 saturated heterocycles. The standard InChI is InChI=1S/C33H35Br2NO5/c1-32(2)14-23-29(25(37)16-32)28(30-24(36(23)11-10-27(39)40)15-33(3,4)17-26(30)38)21-12-20(34)13-22(35)31(21)41-18-19-8-6-5-7-9-19/h5-9,12-13,28H,10-11,14-18H2,1-4H3,(H,39,40). The molecule has 5 rings (SSSR count). The second kappa shape index (κ2) is 11.2. The number of carboxylic acids is 1. The summed E-state index contributed by atoms with van der Waals surface area (Å²) >= 11 is 7.34. The van der Waals surface area contributed by atoms with Crippen LogP contribution >= 0.6 is 31.9 Å². The second-order valence-corrected chi connectivity index (χ2v) is 14.7. The van der Waals surface area contributed by atoms with E-state index in [0.29, 0.717) is 49.2 Å². The minimum absolute atomic E-state index is 0.00383. The number of ketones is 2. The number of allylic oxidation sites excluding steroid dienone is 4. The molecule has 0 saturated carbocycles. The molecular formula is C33H35Br2NO5. The van der Waals surface area contributed by atoms with Gasteiger partial charge in [0.1, 0.15) is 12.4 Å². The fourth-order valence-electron chi connectivity index (χ4n) is 6.51. The summed E-state index contributed by atoms with van der Waals surface area (Å²) < 4.78 is 7.98. The Morgan fingerprint density at radius 3 is 2.02 bits per heavy atom. The SMILES string of the molecule is CC1(C)CC(=O)C2=C(C1)N(CCC(=O)O)C1=C(C(=O)CC(C)(C)C1)C2c1cc(Br)cc(Br)c1OCc1ccccc1. The van der Waals surface area contributed by atoms with Crippen LogP contribution in [0.25, 0.3) is 0 Å². The van der Waals surface area contributed by atoms with Gasteiger partial charge in [0.2, 0.25) is 0 Å². The summed E-state index contributed by atoms with van der Waals surface area (Å²) in [5.41, 5.74) is 4.03. The van der Waals surface area contributed by atoms with Crippen LogP contribution in [0.15, 0.2) is 74.0 Å². The lowest BCUT2D eigenvalue weighted by atomic mass is 9.63. The molecule has 0 radical (unpaired) electrons. The van der Waals surface area contributed by atoms with E-state index in [2.05, 4.69) is 59.6 Å².